The van der Waals surface area contributed by atoms with Crippen LogP contribution in [-0.2, 0) is 31.4 Å². The van der Waals surface area contributed by atoms with Crippen LogP contribution >= 0.6 is 0 Å². The molecule has 6 rings (SSSR count). The Morgan fingerprint density at radius 3 is 2.77 bits per heavy atom. The summed E-state index contributed by atoms with van der Waals surface area (Å²) in [5.74, 6) is 8.57. The zero-order valence-electron chi connectivity index (χ0n) is 23.0. The van der Waals surface area contributed by atoms with Crippen LogP contribution in [0, 0.1) is 17.8 Å². The van der Waals surface area contributed by atoms with E-state index in [4.69, 9.17) is 9.26 Å². The third-order valence-electron chi connectivity index (χ3n) is 9.13. The average molecular weight is 526 g/mol. The molecule has 0 radical (unpaired) electrons. The van der Waals surface area contributed by atoms with E-state index in [2.05, 4.69) is 75.4 Å². The van der Waals surface area contributed by atoms with E-state index >= 15 is 0 Å². The predicted molar refractivity (Wildman–Crippen MR) is 150 cm³/mol. The topological polar surface area (TPSA) is 71.6 Å². The first-order valence-corrected chi connectivity index (χ1v) is 14.6. The minimum atomic E-state index is -0.878. The number of fused-ring (bicyclic) bond motifs is 3. The van der Waals surface area contributed by atoms with E-state index in [1.807, 2.05) is 6.92 Å². The van der Waals surface area contributed by atoms with Gasteiger partial charge in [-0.25, -0.2) is 0 Å². The van der Waals surface area contributed by atoms with Gasteiger partial charge in [-0.15, -0.1) is 5.92 Å². The maximum atomic E-state index is 11.2. The molecular formula is C33H39N3O3. The number of piperidine rings is 1. The summed E-state index contributed by atoms with van der Waals surface area (Å²) in [6.07, 6.45) is 9.15. The van der Waals surface area contributed by atoms with Crippen LogP contribution in [0.4, 0.5) is 0 Å². The summed E-state index contributed by atoms with van der Waals surface area (Å²) >= 11 is 0. The second-order valence-electron chi connectivity index (χ2n) is 11.7. The molecule has 1 aromatic heterocycles. The van der Waals surface area contributed by atoms with Gasteiger partial charge in [0.05, 0.1) is 6.54 Å². The van der Waals surface area contributed by atoms with Crippen molar-refractivity contribution in [3.63, 3.8) is 0 Å². The van der Waals surface area contributed by atoms with Gasteiger partial charge in [-0.2, -0.15) is 4.98 Å². The van der Waals surface area contributed by atoms with Crippen LogP contribution in [0.3, 0.4) is 0 Å². The Bertz CT molecular complexity index is 1340. The third-order valence-corrected chi connectivity index (χ3v) is 9.13. The van der Waals surface area contributed by atoms with Crippen molar-refractivity contribution in [3.05, 3.63) is 76.9 Å². The molecule has 1 N–H and O–H groups in total. The first kappa shape index (κ1) is 26.1. The van der Waals surface area contributed by atoms with E-state index in [1.165, 1.54) is 36.0 Å². The standard InChI is InChI=1S/C33H39N3O3/c1-2-15-32(37)16-17-33(21-25-9-5-3-6-10-25)27(22-32)12-11-26-20-28(13-14-29(26)33)38-24-31-34-30(35-39-31)23-36-18-7-4-8-19-36/h3,5-6,9-10,13-14,20,27,37H,4,7-8,11-12,16-19,21-24H2,1H3/t27-,32-,33+/m1/s1. The highest BCUT2D eigenvalue weighted by molar-refractivity contribution is 5.45. The Morgan fingerprint density at radius 1 is 1.10 bits per heavy atom. The summed E-state index contributed by atoms with van der Waals surface area (Å²) in [4.78, 5) is 6.96. The molecule has 3 atom stereocenters. The summed E-state index contributed by atoms with van der Waals surface area (Å²) < 4.78 is 11.6. The van der Waals surface area contributed by atoms with Crippen molar-refractivity contribution in [1.29, 1.82) is 0 Å². The highest BCUT2D eigenvalue weighted by atomic mass is 16.5. The van der Waals surface area contributed by atoms with Gasteiger partial charge in [-0.3, -0.25) is 4.90 Å². The van der Waals surface area contributed by atoms with E-state index in [0.717, 1.165) is 63.3 Å². The number of ether oxygens (including phenoxy) is 1. The smallest absolute Gasteiger partial charge is 0.264 e. The minimum Gasteiger partial charge on any atom is -0.484 e. The molecule has 39 heavy (non-hydrogen) atoms. The molecule has 2 heterocycles. The van der Waals surface area contributed by atoms with Crippen molar-refractivity contribution in [3.8, 4) is 17.6 Å². The summed E-state index contributed by atoms with van der Waals surface area (Å²) in [7, 11) is 0. The molecule has 6 heteroatoms. The highest BCUT2D eigenvalue weighted by Crippen LogP contribution is 2.54. The van der Waals surface area contributed by atoms with Crippen molar-refractivity contribution in [1.82, 2.24) is 15.0 Å². The molecule has 0 amide bonds. The highest BCUT2D eigenvalue weighted by Gasteiger charge is 2.51. The lowest BCUT2D eigenvalue weighted by atomic mass is 9.52. The molecular weight excluding hydrogens is 486 g/mol. The number of aryl methyl sites for hydroxylation is 1. The van der Waals surface area contributed by atoms with Crippen LogP contribution in [-0.4, -0.2) is 38.8 Å². The first-order valence-electron chi connectivity index (χ1n) is 14.6. The van der Waals surface area contributed by atoms with Gasteiger partial charge in [0.25, 0.3) is 5.89 Å². The van der Waals surface area contributed by atoms with E-state index in [9.17, 15) is 5.11 Å². The summed E-state index contributed by atoms with van der Waals surface area (Å²) in [6, 6.07) is 17.3. The van der Waals surface area contributed by atoms with Gasteiger partial charge < -0.3 is 14.4 Å². The molecule has 204 valence electrons. The Kier molecular flexibility index (Phi) is 7.47. The number of rotatable bonds is 7. The fourth-order valence-corrected chi connectivity index (χ4v) is 7.26. The van der Waals surface area contributed by atoms with Crippen LogP contribution < -0.4 is 4.74 Å². The minimum absolute atomic E-state index is 0.00897. The van der Waals surface area contributed by atoms with Crippen LogP contribution in [0.2, 0.25) is 0 Å². The SMILES string of the molecule is CC#C[C@@]1(O)CC[C@@]2(Cc3ccccc3)c3ccc(OCc4nc(CN5CCCCC5)no4)cc3CC[C@@H]2C1. The van der Waals surface area contributed by atoms with Crippen LogP contribution in [0.1, 0.15) is 80.3 Å². The van der Waals surface area contributed by atoms with E-state index in [0.29, 0.717) is 18.2 Å². The fourth-order valence-electron chi connectivity index (χ4n) is 7.26. The molecule has 3 aliphatic rings. The zero-order valence-corrected chi connectivity index (χ0v) is 23.0. The number of likely N-dealkylation sites (tertiary alicyclic amines) is 1. The molecule has 1 saturated carbocycles. The summed E-state index contributed by atoms with van der Waals surface area (Å²) in [5, 5.41) is 15.4. The number of aromatic nitrogens is 2. The van der Waals surface area contributed by atoms with Crippen molar-refractivity contribution in [2.24, 2.45) is 5.92 Å². The van der Waals surface area contributed by atoms with Gasteiger partial charge in [0.1, 0.15) is 11.4 Å². The largest absolute Gasteiger partial charge is 0.484 e. The van der Waals surface area contributed by atoms with Crippen LogP contribution in [0.25, 0.3) is 0 Å². The Labute approximate surface area is 231 Å². The molecule has 2 aliphatic carbocycles. The van der Waals surface area contributed by atoms with Gasteiger partial charge in [-0.1, -0.05) is 53.9 Å². The lowest BCUT2D eigenvalue weighted by Crippen LogP contribution is -2.50. The quantitative estimate of drug-likeness (QED) is 0.404. The van der Waals surface area contributed by atoms with Crippen LogP contribution in [0.5, 0.6) is 5.75 Å². The number of aliphatic hydroxyl groups is 1. The Morgan fingerprint density at radius 2 is 1.95 bits per heavy atom. The first-order chi connectivity index (χ1) is 19.1. The average Bonchev–Trinajstić information content (AvgIpc) is 3.40. The molecule has 0 bridgehead atoms. The van der Waals surface area contributed by atoms with E-state index in [1.54, 1.807) is 0 Å². The Balaban J connectivity index is 1.19. The van der Waals surface area contributed by atoms with E-state index in [-0.39, 0.29) is 12.0 Å². The number of hydrogen-bond acceptors (Lipinski definition) is 6. The normalized spacial score (nSPS) is 26.7. The third kappa shape index (κ3) is 5.62. The maximum absolute atomic E-state index is 11.2. The van der Waals surface area contributed by atoms with Crippen molar-refractivity contribution < 1.29 is 14.4 Å². The van der Waals surface area contributed by atoms with Gasteiger partial charge in [0.2, 0.25) is 0 Å². The lowest BCUT2D eigenvalue weighted by molar-refractivity contribution is -0.00805. The van der Waals surface area contributed by atoms with Gasteiger partial charge in [0, 0.05) is 5.41 Å². The predicted octanol–water partition coefficient (Wildman–Crippen LogP) is 5.62. The Hall–Kier alpha value is -3.14. The molecule has 0 spiro atoms. The lowest BCUT2D eigenvalue weighted by Gasteiger charge is -2.52. The number of nitrogens with zero attached hydrogens (tertiary/aromatic N) is 3. The molecule has 1 saturated heterocycles. The van der Waals surface area contributed by atoms with Gasteiger partial charge >= 0.3 is 0 Å². The van der Waals surface area contributed by atoms with Crippen molar-refractivity contribution in [2.75, 3.05) is 13.1 Å². The second-order valence-corrected chi connectivity index (χ2v) is 11.7. The van der Waals surface area contributed by atoms with Gasteiger partial charge in [-0.05, 0) is 106 Å². The molecule has 2 aromatic carbocycles. The monoisotopic (exact) mass is 525 g/mol. The number of benzene rings is 2. The van der Waals surface area contributed by atoms with E-state index < -0.39 is 5.60 Å². The second kappa shape index (κ2) is 11.2. The molecule has 1 aliphatic heterocycles. The maximum Gasteiger partial charge on any atom is 0.264 e. The summed E-state index contributed by atoms with van der Waals surface area (Å²) in [6.45, 7) is 5.05. The zero-order chi connectivity index (χ0) is 26.7. The van der Waals surface area contributed by atoms with Gasteiger partial charge in [0.15, 0.2) is 12.4 Å². The molecule has 6 nitrogen and oxygen atoms in total. The van der Waals surface area contributed by atoms with Crippen molar-refractivity contribution in [2.45, 2.75) is 88.9 Å². The molecule has 0 unspecified atom stereocenters. The van der Waals surface area contributed by atoms with Crippen molar-refractivity contribution >= 4 is 0 Å². The van der Waals surface area contributed by atoms with Crippen LogP contribution in [0.15, 0.2) is 53.1 Å². The molecule has 2 fully saturated rings. The summed E-state index contributed by atoms with van der Waals surface area (Å²) in [5.41, 5.74) is 3.22. The number of hydrogen-bond donors (Lipinski definition) is 1. The molecule has 3 aromatic rings. The fraction of sp³-hybridized carbons (Fsp3) is 0.515.